The Balaban J connectivity index is 1.23. The van der Waals surface area contributed by atoms with Crippen LogP contribution in [0.1, 0.15) is 48.1 Å². The number of Topliss-reactive ketones (excluding diaryl/α,β-unsaturated/α-hetero) is 1. The lowest BCUT2D eigenvalue weighted by Gasteiger charge is -2.01. The fourth-order valence-corrected chi connectivity index (χ4v) is 4.09. The van der Waals surface area contributed by atoms with Crippen LogP contribution >= 0.6 is 0 Å². The van der Waals surface area contributed by atoms with Gasteiger partial charge >= 0.3 is 0 Å². The highest BCUT2D eigenvalue weighted by Crippen LogP contribution is 2.33. The zero-order chi connectivity index (χ0) is 29.6. The topological polar surface area (TPSA) is 101 Å². The van der Waals surface area contributed by atoms with Crippen molar-refractivity contribution in [1.82, 2.24) is 0 Å². The standard InChI is InChI=1S/C34H28O8/c1-6-24(37-8-3)28-17-18-33(41-28)34-20-19-32(42-34)29-14-11-25(38-29)21(4)9-10-23(35)27-13-16-31(40-27)30-15-12-26(39-30)22(5)36-7-2/h6-9,11-20H,2-3,5,10H2,1,4H3/b21-9+,24-6?. The molecule has 42 heavy (non-hydrogen) atoms. The minimum absolute atomic E-state index is 0.123. The molecule has 0 atom stereocenters. The monoisotopic (exact) mass is 564 g/mol. The molecule has 5 aromatic heterocycles. The number of carbonyl (C=O) groups is 1. The molecule has 8 nitrogen and oxygen atoms in total. The lowest BCUT2D eigenvalue weighted by molar-refractivity contribution is 0.0970. The van der Waals surface area contributed by atoms with Crippen LogP contribution in [0.15, 0.2) is 127 Å². The lowest BCUT2D eigenvalue weighted by atomic mass is 10.1. The fraction of sp³-hybridized carbons (Fsp3) is 0.0882. The molecule has 5 heterocycles. The molecule has 5 rings (SSSR count). The largest absolute Gasteiger partial charge is 0.462 e. The highest BCUT2D eigenvalue weighted by Gasteiger charge is 2.17. The van der Waals surface area contributed by atoms with E-state index in [0.717, 1.165) is 5.57 Å². The van der Waals surface area contributed by atoms with E-state index in [1.165, 1.54) is 12.5 Å². The highest BCUT2D eigenvalue weighted by molar-refractivity contribution is 5.95. The lowest BCUT2D eigenvalue weighted by Crippen LogP contribution is -1.94. The third-order valence-corrected chi connectivity index (χ3v) is 6.23. The first-order chi connectivity index (χ1) is 20.4. The summed E-state index contributed by atoms with van der Waals surface area (Å²) >= 11 is 0. The summed E-state index contributed by atoms with van der Waals surface area (Å²) in [7, 11) is 0. The first-order valence-corrected chi connectivity index (χ1v) is 13.0. The average Bonchev–Trinajstić information content (AvgIpc) is 3.82. The van der Waals surface area contributed by atoms with E-state index in [1.54, 1.807) is 60.7 Å². The zero-order valence-electron chi connectivity index (χ0n) is 23.2. The second-order valence-corrected chi connectivity index (χ2v) is 8.98. The molecule has 0 N–H and O–H groups in total. The summed E-state index contributed by atoms with van der Waals surface area (Å²) in [5.41, 5.74) is 0.793. The number of ether oxygens (including phenoxy) is 2. The van der Waals surface area contributed by atoms with E-state index in [9.17, 15) is 4.79 Å². The van der Waals surface area contributed by atoms with Gasteiger partial charge in [-0.05, 0) is 86.2 Å². The molecule has 0 spiro atoms. The van der Waals surface area contributed by atoms with Crippen molar-refractivity contribution in [2.45, 2.75) is 20.3 Å². The van der Waals surface area contributed by atoms with Gasteiger partial charge in [0.1, 0.15) is 5.76 Å². The molecule has 0 amide bonds. The molecule has 0 bridgehead atoms. The summed E-state index contributed by atoms with van der Waals surface area (Å²) in [6, 6.07) is 17.6. The Morgan fingerprint density at radius 2 is 1.12 bits per heavy atom. The number of furan rings is 5. The first kappa shape index (κ1) is 27.9. The Morgan fingerprint density at radius 3 is 1.71 bits per heavy atom. The van der Waals surface area contributed by atoms with Gasteiger partial charge in [-0.3, -0.25) is 4.79 Å². The van der Waals surface area contributed by atoms with E-state index in [1.807, 2.05) is 26.0 Å². The molecule has 0 aliphatic rings. The molecule has 0 aliphatic heterocycles. The van der Waals surface area contributed by atoms with Gasteiger partial charge in [-0.25, -0.2) is 0 Å². The Kier molecular flexibility index (Phi) is 8.15. The maximum absolute atomic E-state index is 12.8. The van der Waals surface area contributed by atoms with Crippen LogP contribution in [0.25, 0.3) is 51.7 Å². The van der Waals surface area contributed by atoms with Gasteiger partial charge in [0.15, 0.2) is 63.4 Å². The van der Waals surface area contributed by atoms with Crippen LogP contribution in [-0.2, 0) is 9.47 Å². The normalized spacial score (nSPS) is 11.9. The predicted molar refractivity (Wildman–Crippen MR) is 158 cm³/mol. The summed E-state index contributed by atoms with van der Waals surface area (Å²) < 4.78 is 39.8. The molecular formula is C34H28O8. The summed E-state index contributed by atoms with van der Waals surface area (Å²) in [4.78, 5) is 12.8. The maximum Gasteiger partial charge on any atom is 0.201 e. The quantitative estimate of drug-likeness (QED) is 0.103. The third-order valence-electron chi connectivity index (χ3n) is 6.23. The van der Waals surface area contributed by atoms with E-state index >= 15 is 0 Å². The smallest absolute Gasteiger partial charge is 0.201 e. The van der Waals surface area contributed by atoms with Crippen molar-refractivity contribution in [3.05, 3.63) is 128 Å². The highest BCUT2D eigenvalue weighted by atomic mass is 16.5. The Bertz CT molecular complexity index is 1810. The summed E-state index contributed by atoms with van der Waals surface area (Å²) in [5, 5.41) is 0. The Hall–Kier alpha value is -5.63. The maximum atomic E-state index is 12.8. The fourth-order valence-electron chi connectivity index (χ4n) is 4.09. The number of ketones is 1. The SMILES string of the molecule is C=COC(=C)c1ccc(-c2ccc(C(=O)C/C=C(\C)c3ccc(-c4ccc(-c5ccc(C(=CC)OC=C)o5)o4)o3)o2)o1. The Morgan fingerprint density at radius 1 is 0.667 bits per heavy atom. The van der Waals surface area contributed by atoms with E-state index in [-0.39, 0.29) is 18.0 Å². The summed E-state index contributed by atoms with van der Waals surface area (Å²) in [6.45, 7) is 14.5. The van der Waals surface area contributed by atoms with Gasteiger partial charge in [0.2, 0.25) is 5.78 Å². The third kappa shape index (κ3) is 5.93. The van der Waals surface area contributed by atoms with Gasteiger partial charge in [0.25, 0.3) is 0 Å². The van der Waals surface area contributed by atoms with Crippen LogP contribution in [-0.4, -0.2) is 5.78 Å². The van der Waals surface area contributed by atoms with E-state index < -0.39 is 0 Å². The molecule has 0 aromatic carbocycles. The number of allylic oxidation sites excluding steroid dienone is 3. The van der Waals surface area contributed by atoms with Gasteiger partial charge in [-0.1, -0.05) is 25.8 Å². The average molecular weight is 565 g/mol. The zero-order valence-corrected chi connectivity index (χ0v) is 23.2. The van der Waals surface area contributed by atoms with Gasteiger partial charge < -0.3 is 31.6 Å². The minimum Gasteiger partial charge on any atom is -0.462 e. The molecule has 0 saturated heterocycles. The van der Waals surface area contributed by atoms with Crippen molar-refractivity contribution in [3.8, 4) is 34.6 Å². The molecule has 212 valence electrons. The number of rotatable bonds is 13. The molecule has 0 aliphatic carbocycles. The van der Waals surface area contributed by atoms with Crippen molar-refractivity contribution >= 4 is 22.9 Å². The molecule has 5 aromatic rings. The molecule has 0 saturated carbocycles. The van der Waals surface area contributed by atoms with Crippen LogP contribution in [0.4, 0.5) is 0 Å². The number of hydrogen-bond donors (Lipinski definition) is 0. The Labute approximate surface area is 242 Å². The van der Waals surface area contributed by atoms with E-state index in [4.69, 9.17) is 31.6 Å². The molecule has 0 unspecified atom stereocenters. The van der Waals surface area contributed by atoms with Crippen molar-refractivity contribution < 1.29 is 36.4 Å². The predicted octanol–water partition coefficient (Wildman–Crippen LogP) is 9.98. The summed E-state index contributed by atoms with van der Waals surface area (Å²) in [5.74, 6) is 5.54. The first-order valence-electron chi connectivity index (χ1n) is 13.0. The van der Waals surface area contributed by atoms with Crippen molar-refractivity contribution in [2.24, 2.45) is 0 Å². The summed E-state index contributed by atoms with van der Waals surface area (Å²) in [6.07, 6.45) is 6.30. The van der Waals surface area contributed by atoms with Crippen molar-refractivity contribution in [1.29, 1.82) is 0 Å². The van der Waals surface area contributed by atoms with Gasteiger partial charge in [-0.2, -0.15) is 0 Å². The molecular weight excluding hydrogens is 536 g/mol. The number of carbonyl (C=O) groups excluding carboxylic acids is 1. The van der Waals surface area contributed by atoms with Crippen molar-refractivity contribution in [3.63, 3.8) is 0 Å². The van der Waals surface area contributed by atoms with Crippen LogP contribution in [0.3, 0.4) is 0 Å². The van der Waals surface area contributed by atoms with Gasteiger partial charge in [0, 0.05) is 6.42 Å². The second-order valence-electron chi connectivity index (χ2n) is 8.98. The van der Waals surface area contributed by atoms with Crippen LogP contribution in [0.5, 0.6) is 0 Å². The second kappa shape index (κ2) is 12.3. The van der Waals surface area contributed by atoms with Gasteiger partial charge in [0.05, 0.1) is 12.5 Å². The van der Waals surface area contributed by atoms with E-state index in [0.29, 0.717) is 63.4 Å². The molecule has 0 fully saturated rings. The molecule has 8 heteroatoms. The minimum atomic E-state index is -0.188. The van der Waals surface area contributed by atoms with Crippen LogP contribution in [0.2, 0.25) is 0 Å². The number of hydrogen-bond acceptors (Lipinski definition) is 8. The van der Waals surface area contributed by atoms with Crippen LogP contribution < -0.4 is 0 Å². The van der Waals surface area contributed by atoms with Crippen molar-refractivity contribution in [2.75, 3.05) is 0 Å². The van der Waals surface area contributed by atoms with Crippen LogP contribution in [0, 0.1) is 0 Å². The van der Waals surface area contributed by atoms with Gasteiger partial charge in [-0.15, -0.1) is 0 Å². The molecule has 0 radical (unpaired) electrons. The van der Waals surface area contributed by atoms with E-state index in [2.05, 4.69) is 19.7 Å².